The molecule has 1 saturated heterocycles. The molecule has 2 rings (SSSR count). The maximum Gasteiger partial charge on any atom is 0.233 e. The average Bonchev–Trinajstić information content (AvgIpc) is 2.40. The second-order valence-corrected chi connectivity index (χ2v) is 5.70. The number of halogens is 1. The number of amides is 1. The van der Waals surface area contributed by atoms with Crippen LogP contribution in [-0.2, 0) is 4.79 Å². The Morgan fingerprint density at radius 2 is 2.05 bits per heavy atom. The number of carbonyl (C=O) groups is 1. The standard InChI is InChI=1S/C13H18FN3OS/c1-16-4-6-17(7-5-16)13(18)9-19-10-2-3-12(15)11(14)8-10/h2-3,8H,4-7,9,15H2,1H3. The number of nitrogens with two attached hydrogens (primary N) is 1. The van der Waals surface area contributed by atoms with Crippen molar-refractivity contribution in [1.29, 1.82) is 0 Å². The molecule has 0 atom stereocenters. The van der Waals surface area contributed by atoms with Gasteiger partial charge in [-0.15, -0.1) is 11.8 Å². The number of hydrogen-bond donors (Lipinski definition) is 1. The number of nitrogens with zero attached hydrogens (tertiary/aromatic N) is 2. The van der Waals surface area contributed by atoms with Gasteiger partial charge in [0.25, 0.3) is 0 Å². The van der Waals surface area contributed by atoms with Gasteiger partial charge in [-0.1, -0.05) is 0 Å². The second-order valence-electron chi connectivity index (χ2n) is 4.66. The van der Waals surface area contributed by atoms with E-state index in [-0.39, 0.29) is 11.6 Å². The number of anilines is 1. The molecular formula is C13H18FN3OS. The van der Waals surface area contributed by atoms with E-state index in [1.165, 1.54) is 23.9 Å². The van der Waals surface area contributed by atoms with Gasteiger partial charge in [0, 0.05) is 31.1 Å². The molecule has 2 N–H and O–H groups in total. The number of nitrogen functional groups attached to an aromatic ring is 1. The van der Waals surface area contributed by atoms with E-state index in [1.54, 1.807) is 6.07 Å². The summed E-state index contributed by atoms with van der Waals surface area (Å²) >= 11 is 1.35. The Balaban J connectivity index is 1.84. The van der Waals surface area contributed by atoms with Crippen molar-refractivity contribution in [1.82, 2.24) is 9.80 Å². The molecule has 1 aromatic carbocycles. The van der Waals surface area contributed by atoms with Gasteiger partial charge in [0.2, 0.25) is 5.91 Å². The highest BCUT2D eigenvalue weighted by Gasteiger charge is 2.18. The van der Waals surface area contributed by atoms with E-state index >= 15 is 0 Å². The highest BCUT2D eigenvalue weighted by molar-refractivity contribution is 8.00. The topological polar surface area (TPSA) is 49.6 Å². The summed E-state index contributed by atoms with van der Waals surface area (Å²) in [6, 6.07) is 4.63. The van der Waals surface area contributed by atoms with Gasteiger partial charge in [0.15, 0.2) is 0 Å². The average molecular weight is 283 g/mol. The number of benzene rings is 1. The zero-order valence-electron chi connectivity index (χ0n) is 10.9. The molecule has 0 spiro atoms. The van der Waals surface area contributed by atoms with Crippen molar-refractivity contribution in [2.75, 3.05) is 44.7 Å². The van der Waals surface area contributed by atoms with E-state index in [0.29, 0.717) is 5.75 Å². The van der Waals surface area contributed by atoms with Crippen LogP contribution in [0.25, 0.3) is 0 Å². The quantitative estimate of drug-likeness (QED) is 0.670. The molecular weight excluding hydrogens is 265 g/mol. The molecule has 0 saturated carbocycles. The van der Waals surface area contributed by atoms with Crippen LogP contribution in [0.4, 0.5) is 10.1 Å². The Kier molecular flexibility index (Phi) is 4.66. The summed E-state index contributed by atoms with van der Waals surface area (Å²) in [5.74, 6) is 0.0138. The summed E-state index contributed by atoms with van der Waals surface area (Å²) in [6.07, 6.45) is 0. The van der Waals surface area contributed by atoms with Gasteiger partial charge in [-0.05, 0) is 25.2 Å². The monoisotopic (exact) mass is 283 g/mol. The second kappa shape index (κ2) is 6.25. The number of piperazine rings is 1. The molecule has 1 aliphatic heterocycles. The van der Waals surface area contributed by atoms with E-state index in [2.05, 4.69) is 4.90 Å². The zero-order chi connectivity index (χ0) is 13.8. The van der Waals surface area contributed by atoms with Gasteiger partial charge in [0.1, 0.15) is 5.82 Å². The van der Waals surface area contributed by atoms with Crippen LogP contribution in [0, 0.1) is 5.82 Å². The molecule has 6 heteroatoms. The largest absolute Gasteiger partial charge is 0.396 e. The van der Waals surface area contributed by atoms with E-state index in [9.17, 15) is 9.18 Å². The van der Waals surface area contributed by atoms with Crippen LogP contribution in [0.5, 0.6) is 0 Å². The van der Waals surface area contributed by atoms with E-state index < -0.39 is 5.82 Å². The van der Waals surface area contributed by atoms with Crippen LogP contribution in [0.2, 0.25) is 0 Å². The van der Waals surface area contributed by atoms with Crippen molar-refractivity contribution in [3.8, 4) is 0 Å². The Morgan fingerprint density at radius 1 is 1.37 bits per heavy atom. The Morgan fingerprint density at radius 3 is 2.68 bits per heavy atom. The van der Waals surface area contributed by atoms with Crippen LogP contribution in [0.15, 0.2) is 23.1 Å². The van der Waals surface area contributed by atoms with Gasteiger partial charge in [-0.2, -0.15) is 0 Å². The van der Waals surface area contributed by atoms with Crippen molar-refractivity contribution < 1.29 is 9.18 Å². The molecule has 0 aliphatic carbocycles. The summed E-state index contributed by atoms with van der Waals surface area (Å²) < 4.78 is 13.3. The van der Waals surface area contributed by atoms with Gasteiger partial charge < -0.3 is 15.5 Å². The third-order valence-corrected chi connectivity index (χ3v) is 4.17. The first-order chi connectivity index (χ1) is 9.06. The van der Waals surface area contributed by atoms with Gasteiger partial charge in [-0.3, -0.25) is 4.79 Å². The highest BCUT2D eigenvalue weighted by atomic mass is 32.2. The minimum atomic E-state index is -0.433. The molecule has 0 unspecified atom stereocenters. The maximum absolute atomic E-state index is 13.3. The fourth-order valence-corrected chi connectivity index (χ4v) is 2.71. The first-order valence-corrected chi connectivity index (χ1v) is 7.19. The predicted octanol–water partition coefficient (Wildman–Crippen LogP) is 1.27. The summed E-state index contributed by atoms with van der Waals surface area (Å²) in [5, 5.41) is 0. The number of carbonyl (C=O) groups excluding carboxylic acids is 1. The molecule has 1 aromatic rings. The van der Waals surface area contributed by atoms with Gasteiger partial charge in [0.05, 0.1) is 11.4 Å². The Bertz CT molecular complexity index is 461. The number of rotatable bonds is 3. The number of hydrogen-bond acceptors (Lipinski definition) is 4. The third kappa shape index (κ3) is 3.84. The lowest BCUT2D eigenvalue weighted by molar-refractivity contribution is -0.129. The van der Waals surface area contributed by atoms with Crippen molar-refractivity contribution in [2.45, 2.75) is 4.90 Å². The molecule has 4 nitrogen and oxygen atoms in total. The van der Waals surface area contributed by atoms with E-state index in [4.69, 9.17) is 5.73 Å². The Hall–Kier alpha value is -1.27. The summed E-state index contributed by atoms with van der Waals surface area (Å²) in [7, 11) is 2.05. The minimum Gasteiger partial charge on any atom is -0.396 e. The molecule has 1 amide bonds. The highest BCUT2D eigenvalue weighted by Crippen LogP contribution is 2.22. The van der Waals surface area contributed by atoms with Gasteiger partial charge >= 0.3 is 0 Å². The SMILES string of the molecule is CN1CCN(C(=O)CSc2ccc(N)c(F)c2)CC1. The normalized spacial score (nSPS) is 16.6. The first kappa shape index (κ1) is 14.1. The van der Waals surface area contributed by atoms with Crippen LogP contribution in [-0.4, -0.2) is 54.7 Å². The van der Waals surface area contributed by atoms with Crippen molar-refractivity contribution in [3.63, 3.8) is 0 Å². The third-order valence-electron chi connectivity index (χ3n) is 3.19. The van der Waals surface area contributed by atoms with Crippen molar-refractivity contribution in [2.24, 2.45) is 0 Å². The van der Waals surface area contributed by atoms with E-state index in [1.807, 2.05) is 11.9 Å². The fraction of sp³-hybridized carbons (Fsp3) is 0.462. The lowest BCUT2D eigenvalue weighted by Crippen LogP contribution is -2.47. The summed E-state index contributed by atoms with van der Waals surface area (Å²) in [6.45, 7) is 3.36. The summed E-state index contributed by atoms with van der Waals surface area (Å²) in [5.41, 5.74) is 5.54. The lowest BCUT2D eigenvalue weighted by atomic mass is 10.3. The Labute approximate surface area is 116 Å². The smallest absolute Gasteiger partial charge is 0.233 e. The van der Waals surface area contributed by atoms with Crippen LogP contribution >= 0.6 is 11.8 Å². The lowest BCUT2D eigenvalue weighted by Gasteiger charge is -2.32. The van der Waals surface area contributed by atoms with Crippen LogP contribution in [0.1, 0.15) is 0 Å². The predicted molar refractivity (Wildman–Crippen MR) is 75.6 cm³/mol. The fourth-order valence-electron chi connectivity index (χ4n) is 1.89. The molecule has 19 heavy (non-hydrogen) atoms. The van der Waals surface area contributed by atoms with E-state index in [0.717, 1.165) is 31.1 Å². The molecule has 1 fully saturated rings. The van der Waals surface area contributed by atoms with Crippen LogP contribution < -0.4 is 5.73 Å². The summed E-state index contributed by atoms with van der Waals surface area (Å²) in [4.78, 5) is 16.8. The number of likely N-dealkylation sites (N-methyl/N-ethyl adjacent to an activating group) is 1. The van der Waals surface area contributed by atoms with Crippen molar-refractivity contribution in [3.05, 3.63) is 24.0 Å². The molecule has 104 valence electrons. The molecule has 0 bridgehead atoms. The molecule has 1 heterocycles. The first-order valence-electron chi connectivity index (χ1n) is 6.20. The van der Waals surface area contributed by atoms with Gasteiger partial charge in [-0.25, -0.2) is 4.39 Å². The maximum atomic E-state index is 13.3. The molecule has 1 aliphatic rings. The molecule has 0 radical (unpaired) electrons. The van der Waals surface area contributed by atoms with Crippen LogP contribution in [0.3, 0.4) is 0 Å². The van der Waals surface area contributed by atoms with Crippen molar-refractivity contribution >= 4 is 23.4 Å². The molecule has 0 aromatic heterocycles. The number of thioether (sulfide) groups is 1. The minimum absolute atomic E-state index is 0.107. The zero-order valence-corrected chi connectivity index (χ0v) is 11.8.